The molecule has 2 atom stereocenters. The molecule has 96 valence electrons. The van der Waals surface area contributed by atoms with Crippen LogP contribution in [0, 0.1) is 5.92 Å². The van der Waals surface area contributed by atoms with Crippen molar-refractivity contribution in [2.75, 3.05) is 13.1 Å². The molecule has 0 aromatic heterocycles. The number of nitrogens with one attached hydrogen (secondary N) is 1. The van der Waals surface area contributed by atoms with Gasteiger partial charge in [0.1, 0.15) is 0 Å². The van der Waals surface area contributed by atoms with Gasteiger partial charge in [-0.1, -0.05) is 6.42 Å². The molecule has 2 saturated heterocycles. The molecule has 0 aromatic carbocycles. The smallest absolute Gasteiger partial charge is 0.223 e. The van der Waals surface area contributed by atoms with E-state index in [0.29, 0.717) is 23.9 Å². The number of likely N-dealkylation sites (tertiary alicyclic amines) is 1. The van der Waals surface area contributed by atoms with Gasteiger partial charge >= 0.3 is 0 Å². The fourth-order valence-corrected chi connectivity index (χ4v) is 3.62. The monoisotopic (exact) mass is 236 g/mol. The normalized spacial score (nSPS) is 34.0. The van der Waals surface area contributed by atoms with Crippen LogP contribution in [0.4, 0.5) is 0 Å². The van der Waals surface area contributed by atoms with Crippen LogP contribution in [-0.4, -0.2) is 36.0 Å². The summed E-state index contributed by atoms with van der Waals surface area (Å²) >= 11 is 0. The van der Waals surface area contributed by atoms with Crippen LogP contribution < -0.4 is 5.32 Å². The first-order chi connectivity index (χ1) is 8.34. The highest BCUT2D eigenvalue weighted by molar-refractivity contribution is 5.77. The maximum atomic E-state index is 12.3. The maximum absolute atomic E-state index is 12.3. The Morgan fingerprint density at radius 3 is 2.65 bits per heavy atom. The molecule has 3 fully saturated rings. The molecule has 0 spiro atoms. The van der Waals surface area contributed by atoms with Gasteiger partial charge in [0.25, 0.3) is 0 Å². The number of amides is 1. The van der Waals surface area contributed by atoms with Gasteiger partial charge in [-0.2, -0.15) is 0 Å². The van der Waals surface area contributed by atoms with Crippen molar-refractivity contribution >= 4 is 5.91 Å². The SMILES string of the molecule is O=C(CC1CCC1)N1CCCC1C1CCCN1. The zero-order valence-corrected chi connectivity index (χ0v) is 10.7. The van der Waals surface area contributed by atoms with Crippen LogP contribution in [0.1, 0.15) is 51.4 Å². The Kier molecular flexibility index (Phi) is 3.37. The third-order valence-electron chi connectivity index (χ3n) is 4.87. The standard InChI is InChI=1S/C14H24N2O/c17-14(10-11-4-1-5-11)16-9-3-7-13(16)12-6-2-8-15-12/h11-13,15H,1-10H2. The summed E-state index contributed by atoms with van der Waals surface area (Å²) in [5, 5.41) is 3.57. The first-order valence-corrected chi connectivity index (χ1v) is 7.37. The van der Waals surface area contributed by atoms with Gasteiger partial charge in [-0.25, -0.2) is 0 Å². The van der Waals surface area contributed by atoms with Crippen LogP contribution in [0.25, 0.3) is 0 Å². The van der Waals surface area contributed by atoms with Crippen LogP contribution in [0.2, 0.25) is 0 Å². The zero-order valence-electron chi connectivity index (χ0n) is 10.7. The molecule has 0 aromatic rings. The highest BCUT2D eigenvalue weighted by Gasteiger charge is 2.36. The first-order valence-electron chi connectivity index (χ1n) is 7.37. The van der Waals surface area contributed by atoms with E-state index in [1.165, 1.54) is 44.9 Å². The van der Waals surface area contributed by atoms with Crippen molar-refractivity contribution in [1.82, 2.24) is 10.2 Å². The van der Waals surface area contributed by atoms with Gasteiger partial charge in [-0.05, 0) is 51.0 Å². The molecule has 2 heterocycles. The number of rotatable bonds is 3. The molecule has 3 rings (SSSR count). The highest BCUT2D eigenvalue weighted by atomic mass is 16.2. The third kappa shape index (κ3) is 2.35. The highest BCUT2D eigenvalue weighted by Crippen LogP contribution is 2.32. The molecule has 2 aliphatic heterocycles. The summed E-state index contributed by atoms with van der Waals surface area (Å²) in [7, 11) is 0. The van der Waals surface area contributed by atoms with Crippen molar-refractivity contribution in [1.29, 1.82) is 0 Å². The summed E-state index contributed by atoms with van der Waals surface area (Å²) in [6, 6.07) is 1.09. The fourth-order valence-electron chi connectivity index (χ4n) is 3.62. The molecule has 3 heteroatoms. The van der Waals surface area contributed by atoms with E-state index in [4.69, 9.17) is 0 Å². The summed E-state index contributed by atoms with van der Waals surface area (Å²) in [6.07, 6.45) is 9.70. The van der Waals surface area contributed by atoms with Crippen molar-refractivity contribution in [3.8, 4) is 0 Å². The maximum Gasteiger partial charge on any atom is 0.223 e. The quantitative estimate of drug-likeness (QED) is 0.812. The second-order valence-corrected chi connectivity index (χ2v) is 6.00. The fraction of sp³-hybridized carbons (Fsp3) is 0.929. The number of hydrogen-bond acceptors (Lipinski definition) is 2. The summed E-state index contributed by atoms with van der Waals surface area (Å²) in [5.74, 6) is 1.14. The molecule has 0 bridgehead atoms. The van der Waals surface area contributed by atoms with Crippen LogP contribution in [-0.2, 0) is 4.79 Å². The van der Waals surface area contributed by atoms with Crippen molar-refractivity contribution in [3.63, 3.8) is 0 Å². The van der Waals surface area contributed by atoms with E-state index in [9.17, 15) is 4.79 Å². The summed E-state index contributed by atoms with van der Waals surface area (Å²) in [5.41, 5.74) is 0. The Hall–Kier alpha value is -0.570. The Morgan fingerprint density at radius 2 is 2.00 bits per heavy atom. The summed E-state index contributed by atoms with van der Waals surface area (Å²) < 4.78 is 0. The van der Waals surface area contributed by atoms with Gasteiger partial charge in [0.2, 0.25) is 5.91 Å². The number of nitrogens with zero attached hydrogens (tertiary/aromatic N) is 1. The van der Waals surface area contributed by atoms with Crippen LogP contribution in [0.15, 0.2) is 0 Å². The van der Waals surface area contributed by atoms with Gasteiger partial charge in [0.15, 0.2) is 0 Å². The van der Waals surface area contributed by atoms with E-state index in [-0.39, 0.29) is 0 Å². The lowest BCUT2D eigenvalue weighted by Gasteiger charge is -2.32. The van der Waals surface area contributed by atoms with Crippen molar-refractivity contribution in [2.45, 2.75) is 63.5 Å². The molecular formula is C14H24N2O. The Bertz CT molecular complexity index is 282. The van der Waals surface area contributed by atoms with Gasteiger partial charge in [0.05, 0.1) is 0 Å². The molecule has 0 radical (unpaired) electrons. The molecule has 3 aliphatic rings. The van der Waals surface area contributed by atoms with E-state index in [1.54, 1.807) is 0 Å². The predicted molar refractivity (Wildman–Crippen MR) is 67.7 cm³/mol. The second-order valence-electron chi connectivity index (χ2n) is 6.00. The van der Waals surface area contributed by atoms with Gasteiger partial charge in [-0.3, -0.25) is 4.79 Å². The van der Waals surface area contributed by atoms with Crippen LogP contribution in [0.5, 0.6) is 0 Å². The van der Waals surface area contributed by atoms with E-state index in [0.717, 1.165) is 19.5 Å². The minimum absolute atomic E-state index is 0.436. The Labute approximate surface area is 104 Å². The van der Waals surface area contributed by atoms with Gasteiger partial charge in [-0.15, -0.1) is 0 Å². The average Bonchev–Trinajstić information content (AvgIpc) is 2.91. The molecule has 1 N–H and O–H groups in total. The van der Waals surface area contributed by atoms with Crippen LogP contribution in [0.3, 0.4) is 0 Å². The topological polar surface area (TPSA) is 32.3 Å². The van der Waals surface area contributed by atoms with Crippen molar-refractivity contribution in [3.05, 3.63) is 0 Å². The molecule has 3 nitrogen and oxygen atoms in total. The molecule has 17 heavy (non-hydrogen) atoms. The van der Waals surface area contributed by atoms with E-state index in [2.05, 4.69) is 10.2 Å². The zero-order chi connectivity index (χ0) is 11.7. The minimum atomic E-state index is 0.436. The number of carbonyl (C=O) groups excluding carboxylic acids is 1. The average molecular weight is 236 g/mol. The Balaban J connectivity index is 1.57. The molecular weight excluding hydrogens is 212 g/mol. The molecule has 2 unspecified atom stereocenters. The molecule has 1 amide bonds. The molecule has 1 aliphatic carbocycles. The van der Waals surface area contributed by atoms with E-state index in [1.807, 2.05) is 0 Å². The van der Waals surface area contributed by atoms with E-state index >= 15 is 0 Å². The predicted octanol–water partition coefficient (Wildman–Crippen LogP) is 1.92. The minimum Gasteiger partial charge on any atom is -0.338 e. The van der Waals surface area contributed by atoms with Crippen LogP contribution >= 0.6 is 0 Å². The largest absolute Gasteiger partial charge is 0.338 e. The third-order valence-corrected chi connectivity index (χ3v) is 4.87. The summed E-state index contributed by atoms with van der Waals surface area (Å²) in [4.78, 5) is 14.5. The lowest BCUT2D eigenvalue weighted by Crippen LogP contribution is -2.47. The molecule has 1 saturated carbocycles. The van der Waals surface area contributed by atoms with Crippen molar-refractivity contribution < 1.29 is 4.79 Å². The van der Waals surface area contributed by atoms with E-state index < -0.39 is 0 Å². The first kappa shape index (κ1) is 11.5. The lowest BCUT2D eigenvalue weighted by molar-refractivity contribution is -0.134. The number of carbonyl (C=O) groups is 1. The number of hydrogen-bond donors (Lipinski definition) is 1. The van der Waals surface area contributed by atoms with Gasteiger partial charge < -0.3 is 10.2 Å². The Morgan fingerprint density at radius 1 is 1.12 bits per heavy atom. The van der Waals surface area contributed by atoms with Crippen molar-refractivity contribution in [2.24, 2.45) is 5.92 Å². The summed E-state index contributed by atoms with van der Waals surface area (Å²) in [6.45, 7) is 2.15. The van der Waals surface area contributed by atoms with Gasteiger partial charge in [0, 0.05) is 25.0 Å². The second kappa shape index (κ2) is 4.97. The lowest BCUT2D eigenvalue weighted by atomic mass is 9.82.